The smallest absolute Gasteiger partial charge is 0.0832 e. The predicted octanol–water partition coefficient (Wildman–Crippen LogP) is 3.02. The van der Waals surface area contributed by atoms with Crippen LogP contribution in [0.2, 0.25) is 0 Å². The van der Waals surface area contributed by atoms with Crippen LogP contribution in [0.4, 0.5) is 0 Å². The van der Waals surface area contributed by atoms with Crippen molar-refractivity contribution < 1.29 is 0 Å². The summed E-state index contributed by atoms with van der Waals surface area (Å²) in [4.78, 5) is 1.08. The van der Waals surface area contributed by atoms with Gasteiger partial charge in [-0.2, -0.15) is 0 Å². The van der Waals surface area contributed by atoms with Gasteiger partial charge in [0.25, 0.3) is 0 Å². The Bertz CT molecular complexity index is 505. The lowest BCUT2D eigenvalue weighted by Gasteiger charge is -2.14. The maximum absolute atomic E-state index is 6.33. The van der Waals surface area contributed by atoms with E-state index in [4.69, 9.17) is 5.73 Å². The number of rotatable bonds is 3. The van der Waals surface area contributed by atoms with E-state index >= 15 is 0 Å². The van der Waals surface area contributed by atoms with Crippen LogP contribution < -0.4 is 5.73 Å². The second kappa shape index (κ2) is 4.94. The minimum Gasteiger partial charge on any atom is -0.319 e. The number of hydrogen-bond acceptors (Lipinski definition) is 4. The number of nitrogens with zero attached hydrogens (tertiary/aromatic N) is 2. The summed E-state index contributed by atoms with van der Waals surface area (Å²) < 4.78 is 4.03. The number of benzene rings is 1. The molecule has 0 aliphatic carbocycles. The summed E-state index contributed by atoms with van der Waals surface area (Å²) >= 11 is 1.40. The second-order valence-corrected chi connectivity index (χ2v) is 5.30. The highest BCUT2D eigenvalue weighted by atomic mass is 32.1. The van der Waals surface area contributed by atoms with Crippen molar-refractivity contribution in [2.75, 3.05) is 0 Å². The molecule has 0 aliphatic heterocycles. The SMILES string of the molecule is Cc1ccccc1C(N)c1snnc1C(C)C. The van der Waals surface area contributed by atoms with Crippen LogP contribution in [0.15, 0.2) is 24.3 Å². The number of aromatic nitrogens is 2. The molecule has 17 heavy (non-hydrogen) atoms. The molecule has 1 heterocycles. The van der Waals surface area contributed by atoms with E-state index in [0.29, 0.717) is 5.92 Å². The Kier molecular flexibility index (Phi) is 3.54. The third-order valence-electron chi connectivity index (χ3n) is 2.89. The fourth-order valence-electron chi connectivity index (χ4n) is 1.90. The summed E-state index contributed by atoms with van der Waals surface area (Å²) in [6, 6.07) is 8.09. The first kappa shape index (κ1) is 12.2. The van der Waals surface area contributed by atoms with E-state index in [1.807, 2.05) is 12.1 Å². The van der Waals surface area contributed by atoms with Gasteiger partial charge < -0.3 is 5.73 Å². The van der Waals surface area contributed by atoms with Gasteiger partial charge in [0.05, 0.1) is 16.6 Å². The molecule has 4 heteroatoms. The van der Waals surface area contributed by atoms with Gasteiger partial charge >= 0.3 is 0 Å². The number of aryl methyl sites for hydroxylation is 1. The van der Waals surface area contributed by atoms with Crippen molar-refractivity contribution in [3.63, 3.8) is 0 Å². The zero-order valence-corrected chi connectivity index (χ0v) is 11.2. The molecule has 1 atom stereocenters. The first-order chi connectivity index (χ1) is 8.11. The van der Waals surface area contributed by atoms with Gasteiger partial charge in [0.1, 0.15) is 0 Å². The van der Waals surface area contributed by atoms with Crippen molar-refractivity contribution in [3.8, 4) is 0 Å². The van der Waals surface area contributed by atoms with Gasteiger partial charge in [-0.15, -0.1) is 5.10 Å². The summed E-state index contributed by atoms with van der Waals surface area (Å²) in [6.07, 6.45) is 0. The summed E-state index contributed by atoms with van der Waals surface area (Å²) in [5.41, 5.74) is 9.71. The Morgan fingerprint density at radius 3 is 2.59 bits per heavy atom. The molecule has 2 aromatic rings. The van der Waals surface area contributed by atoms with Crippen LogP contribution in [-0.4, -0.2) is 9.59 Å². The molecule has 1 aromatic heterocycles. The third-order valence-corrected chi connectivity index (χ3v) is 3.72. The molecular formula is C13H17N3S. The van der Waals surface area contributed by atoms with Crippen molar-refractivity contribution in [2.45, 2.75) is 32.7 Å². The van der Waals surface area contributed by atoms with Crippen LogP contribution in [0, 0.1) is 6.92 Å². The van der Waals surface area contributed by atoms with Gasteiger partial charge in [-0.25, -0.2) is 0 Å². The molecular weight excluding hydrogens is 230 g/mol. The lowest BCUT2D eigenvalue weighted by molar-refractivity contribution is 0.769. The van der Waals surface area contributed by atoms with Crippen LogP contribution >= 0.6 is 11.5 Å². The molecule has 0 spiro atoms. The van der Waals surface area contributed by atoms with E-state index in [1.165, 1.54) is 17.1 Å². The van der Waals surface area contributed by atoms with Gasteiger partial charge in [0.2, 0.25) is 0 Å². The zero-order valence-electron chi connectivity index (χ0n) is 10.3. The van der Waals surface area contributed by atoms with Crippen molar-refractivity contribution in [1.82, 2.24) is 9.59 Å². The maximum Gasteiger partial charge on any atom is 0.0832 e. The Morgan fingerprint density at radius 2 is 1.94 bits per heavy atom. The van der Waals surface area contributed by atoms with Gasteiger partial charge in [0.15, 0.2) is 0 Å². The Balaban J connectivity index is 2.41. The molecule has 0 saturated carbocycles. The summed E-state index contributed by atoms with van der Waals surface area (Å²) in [5.74, 6) is 0.360. The quantitative estimate of drug-likeness (QED) is 0.907. The highest BCUT2D eigenvalue weighted by molar-refractivity contribution is 7.05. The van der Waals surface area contributed by atoms with Crippen molar-refractivity contribution in [2.24, 2.45) is 5.73 Å². The molecule has 0 saturated heterocycles. The average molecular weight is 247 g/mol. The minimum atomic E-state index is -0.117. The monoisotopic (exact) mass is 247 g/mol. The predicted molar refractivity (Wildman–Crippen MR) is 71.2 cm³/mol. The molecule has 0 fully saturated rings. The van der Waals surface area contributed by atoms with Crippen LogP contribution in [0.3, 0.4) is 0 Å². The van der Waals surface area contributed by atoms with Crippen LogP contribution in [0.1, 0.15) is 47.5 Å². The Hall–Kier alpha value is -1.26. The molecule has 2 N–H and O–H groups in total. The van der Waals surface area contributed by atoms with Crippen LogP contribution in [0.5, 0.6) is 0 Å². The van der Waals surface area contributed by atoms with Crippen molar-refractivity contribution >= 4 is 11.5 Å². The largest absolute Gasteiger partial charge is 0.319 e. The van der Waals surface area contributed by atoms with Gasteiger partial charge in [-0.1, -0.05) is 42.6 Å². The topological polar surface area (TPSA) is 51.8 Å². The Labute approximate surface area is 106 Å². The van der Waals surface area contributed by atoms with E-state index in [2.05, 4.69) is 42.5 Å². The first-order valence-corrected chi connectivity index (χ1v) is 6.52. The van der Waals surface area contributed by atoms with Gasteiger partial charge in [-0.05, 0) is 35.5 Å². The van der Waals surface area contributed by atoms with Crippen molar-refractivity contribution in [3.05, 3.63) is 46.0 Å². The number of hydrogen-bond donors (Lipinski definition) is 1. The second-order valence-electron chi connectivity index (χ2n) is 4.51. The van der Waals surface area contributed by atoms with Gasteiger partial charge in [0, 0.05) is 0 Å². The maximum atomic E-state index is 6.33. The average Bonchev–Trinajstić information content (AvgIpc) is 2.77. The van der Waals surface area contributed by atoms with E-state index in [0.717, 1.165) is 16.1 Å². The fourth-order valence-corrected chi connectivity index (χ4v) is 2.72. The summed E-state index contributed by atoms with van der Waals surface area (Å²) in [5, 5.41) is 4.18. The first-order valence-electron chi connectivity index (χ1n) is 5.74. The lowest BCUT2D eigenvalue weighted by atomic mass is 9.97. The standard InChI is InChI=1S/C13H17N3S/c1-8(2)12-13(17-16-15-12)11(14)10-7-5-4-6-9(10)3/h4-8,11H,14H2,1-3H3. The molecule has 1 unspecified atom stereocenters. The van der Waals surface area contributed by atoms with Gasteiger partial charge in [-0.3, -0.25) is 0 Å². The van der Waals surface area contributed by atoms with E-state index < -0.39 is 0 Å². The molecule has 0 radical (unpaired) electrons. The van der Waals surface area contributed by atoms with Crippen LogP contribution in [-0.2, 0) is 0 Å². The third kappa shape index (κ3) is 2.37. The molecule has 3 nitrogen and oxygen atoms in total. The summed E-state index contributed by atoms with van der Waals surface area (Å²) in [7, 11) is 0. The van der Waals surface area contributed by atoms with E-state index in [9.17, 15) is 0 Å². The molecule has 90 valence electrons. The normalized spacial score (nSPS) is 13.0. The van der Waals surface area contributed by atoms with E-state index in [-0.39, 0.29) is 6.04 Å². The lowest BCUT2D eigenvalue weighted by Crippen LogP contribution is -2.14. The minimum absolute atomic E-state index is 0.117. The number of nitrogens with two attached hydrogens (primary N) is 1. The molecule has 1 aromatic carbocycles. The van der Waals surface area contributed by atoms with Crippen molar-refractivity contribution in [1.29, 1.82) is 0 Å². The highest BCUT2D eigenvalue weighted by Gasteiger charge is 2.20. The highest BCUT2D eigenvalue weighted by Crippen LogP contribution is 2.30. The molecule has 0 amide bonds. The molecule has 0 aliphatic rings. The Morgan fingerprint density at radius 1 is 1.24 bits per heavy atom. The summed E-state index contributed by atoms with van der Waals surface area (Å²) in [6.45, 7) is 6.31. The molecule has 0 bridgehead atoms. The van der Waals surface area contributed by atoms with E-state index in [1.54, 1.807) is 0 Å². The van der Waals surface area contributed by atoms with Crippen LogP contribution in [0.25, 0.3) is 0 Å². The fraction of sp³-hybridized carbons (Fsp3) is 0.385. The zero-order chi connectivity index (χ0) is 12.4. The molecule has 2 rings (SSSR count).